The fourth-order valence-electron chi connectivity index (χ4n) is 0. The largest absolute Gasteiger partial charge is 0.503 e. The second kappa shape index (κ2) is 16.1. The minimum atomic E-state index is -1.83. The van der Waals surface area contributed by atoms with Crippen LogP contribution in [0.15, 0.2) is 0 Å². The van der Waals surface area contributed by atoms with Gasteiger partial charge in [-0.1, -0.05) is 0 Å². The maximum absolute atomic E-state index is 9.00. The molecule has 3 N–H and O–H groups in total. The Hall–Kier alpha value is 0.156. The molecule has 0 atom stereocenters. The Kier molecular flexibility index (Phi) is 36.1. The minimum Gasteiger partial charge on any atom is -0.481 e. The van der Waals surface area contributed by atoms with Gasteiger partial charge in [-0.05, 0) is 0 Å². The molecule has 0 aromatic heterocycles. The van der Waals surface area contributed by atoms with E-state index in [0.29, 0.717) is 0 Å². The van der Waals surface area contributed by atoms with E-state index in [4.69, 9.17) is 24.9 Å². The summed E-state index contributed by atoms with van der Waals surface area (Å²) in [4.78, 5) is 17.6. The van der Waals surface area contributed by atoms with Crippen LogP contribution in [0, 0.1) is 0 Å². The summed E-state index contributed by atoms with van der Waals surface area (Å²) in [5.74, 6) is -0.833. The second-order valence-electron chi connectivity index (χ2n) is 0.802. The quantitative estimate of drug-likeness (QED) is 0.586. The van der Waals surface area contributed by atoms with Crippen molar-refractivity contribution >= 4 is 12.1 Å². The zero-order chi connectivity index (χ0) is 7.15. The number of carbonyl (C=O) groups is 2. The van der Waals surface area contributed by atoms with Gasteiger partial charge in [0.15, 0.2) is 0 Å². The first-order valence-corrected chi connectivity index (χ1v) is 1.58. The molecule has 5 nitrogen and oxygen atoms in total. The zero-order valence-electron chi connectivity index (χ0n) is 5.07. The number of carboxylic acids is 1. The number of carboxylic acid groups (broad SMARTS) is 3. The molecule has 0 bridgehead atoms. The van der Waals surface area contributed by atoms with Gasteiger partial charge in [0.2, 0.25) is 0 Å². The van der Waals surface area contributed by atoms with Crippen molar-refractivity contribution in [2.24, 2.45) is 0 Å². The van der Waals surface area contributed by atoms with E-state index in [1.165, 1.54) is 0 Å². The van der Waals surface area contributed by atoms with Crippen LogP contribution in [0.5, 0.6) is 0 Å². The summed E-state index contributed by atoms with van der Waals surface area (Å²) in [5, 5.41) is 21.4. The summed E-state index contributed by atoms with van der Waals surface area (Å²) in [5.41, 5.74) is 0. The van der Waals surface area contributed by atoms with Crippen molar-refractivity contribution < 1.29 is 68.5 Å². The fourth-order valence-corrected chi connectivity index (χ4v) is 0. The molecule has 0 aliphatic rings. The van der Waals surface area contributed by atoms with E-state index in [-0.39, 0.29) is 43.6 Å². The molecule has 0 saturated heterocycles. The van der Waals surface area contributed by atoms with Gasteiger partial charge in [-0.15, -0.1) is 0 Å². The van der Waals surface area contributed by atoms with Gasteiger partial charge in [0, 0.05) is 50.5 Å². The fraction of sp³-hybridized carbons (Fsp3) is 0.333. The van der Waals surface area contributed by atoms with Gasteiger partial charge < -0.3 is 15.3 Å². The van der Waals surface area contributed by atoms with Crippen LogP contribution in [0.2, 0.25) is 0 Å². The SMILES string of the molecule is CC(=O)O.O=C(O)O.[Cr].[Zr]. The average molecular weight is 265 g/mol. The third-order valence-electron chi connectivity index (χ3n) is 0. The normalized spacial score (nSPS) is 4.90. The van der Waals surface area contributed by atoms with Gasteiger partial charge in [0.1, 0.15) is 0 Å². The third kappa shape index (κ3) is 17300. The Morgan fingerprint density at radius 1 is 1.10 bits per heavy atom. The monoisotopic (exact) mass is 264 g/mol. The van der Waals surface area contributed by atoms with Gasteiger partial charge in [-0.3, -0.25) is 4.79 Å². The first kappa shape index (κ1) is 22.5. The van der Waals surface area contributed by atoms with Crippen molar-refractivity contribution in [2.45, 2.75) is 6.92 Å². The maximum atomic E-state index is 9.00. The van der Waals surface area contributed by atoms with Gasteiger partial charge >= 0.3 is 6.16 Å². The van der Waals surface area contributed by atoms with E-state index < -0.39 is 12.1 Å². The Bertz CT molecular complexity index is 74.9. The molecule has 7 heteroatoms. The van der Waals surface area contributed by atoms with Gasteiger partial charge in [0.05, 0.1) is 0 Å². The molecular formula is C3H6CrO5Zr. The molecule has 0 aliphatic heterocycles. The Balaban J connectivity index is -0.0000000300. The molecule has 0 saturated carbocycles. The van der Waals surface area contributed by atoms with Crippen LogP contribution in [0.1, 0.15) is 6.92 Å². The predicted octanol–water partition coefficient (Wildman–Crippen LogP) is 0.308. The molecular weight excluding hydrogens is 259 g/mol. The molecule has 58 valence electrons. The summed E-state index contributed by atoms with van der Waals surface area (Å²) < 4.78 is 0. The van der Waals surface area contributed by atoms with Crippen LogP contribution in [0.3, 0.4) is 0 Å². The Morgan fingerprint density at radius 2 is 1.10 bits per heavy atom. The third-order valence-corrected chi connectivity index (χ3v) is 0. The summed E-state index contributed by atoms with van der Waals surface area (Å²) in [6.07, 6.45) is -1.83. The number of hydrogen-bond donors (Lipinski definition) is 3. The summed E-state index contributed by atoms with van der Waals surface area (Å²) in [7, 11) is 0. The van der Waals surface area contributed by atoms with Crippen molar-refractivity contribution in [3.8, 4) is 0 Å². The molecule has 0 spiro atoms. The topological polar surface area (TPSA) is 94.8 Å². The van der Waals surface area contributed by atoms with Crippen LogP contribution in [-0.2, 0) is 48.4 Å². The zero-order valence-corrected chi connectivity index (χ0v) is 8.80. The number of aliphatic carboxylic acids is 1. The van der Waals surface area contributed by atoms with E-state index in [1.807, 2.05) is 0 Å². The van der Waals surface area contributed by atoms with E-state index in [0.717, 1.165) is 6.92 Å². The number of hydrogen-bond acceptors (Lipinski definition) is 2. The summed E-state index contributed by atoms with van der Waals surface area (Å²) in [6.45, 7) is 1.08. The molecule has 10 heavy (non-hydrogen) atoms. The van der Waals surface area contributed by atoms with E-state index in [2.05, 4.69) is 0 Å². The van der Waals surface area contributed by atoms with Gasteiger partial charge in [-0.25, -0.2) is 4.79 Å². The number of rotatable bonds is 0. The van der Waals surface area contributed by atoms with Crippen LogP contribution >= 0.6 is 0 Å². The van der Waals surface area contributed by atoms with Crippen molar-refractivity contribution in [1.82, 2.24) is 0 Å². The van der Waals surface area contributed by atoms with Crippen molar-refractivity contribution in [1.29, 1.82) is 0 Å². The standard InChI is InChI=1S/C2H4O2.CH2O3.Cr.Zr/c1-2(3)4;2-1(3)4;;/h1H3,(H,3,4);(H2,2,3,4);;. The summed E-state index contributed by atoms with van der Waals surface area (Å²) >= 11 is 0. The molecule has 0 aliphatic carbocycles. The first-order chi connectivity index (χ1) is 3.46. The van der Waals surface area contributed by atoms with Crippen LogP contribution in [-0.4, -0.2) is 27.4 Å². The van der Waals surface area contributed by atoms with E-state index in [9.17, 15) is 0 Å². The van der Waals surface area contributed by atoms with Crippen molar-refractivity contribution in [3.05, 3.63) is 0 Å². The molecule has 0 fully saturated rings. The van der Waals surface area contributed by atoms with Crippen LogP contribution < -0.4 is 0 Å². The summed E-state index contributed by atoms with van der Waals surface area (Å²) in [6, 6.07) is 0. The molecule has 0 radical (unpaired) electrons. The molecule has 0 unspecified atom stereocenters. The van der Waals surface area contributed by atoms with E-state index in [1.54, 1.807) is 0 Å². The van der Waals surface area contributed by atoms with Gasteiger partial charge in [-0.2, -0.15) is 0 Å². The Morgan fingerprint density at radius 3 is 1.10 bits per heavy atom. The van der Waals surface area contributed by atoms with Gasteiger partial charge in [0.25, 0.3) is 5.97 Å². The molecule has 0 rings (SSSR count). The molecule has 0 heterocycles. The molecule has 0 aromatic rings. The maximum Gasteiger partial charge on any atom is 0.503 e. The van der Waals surface area contributed by atoms with Crippen molar-refractivity contribution in [3.63, 3.8) is 0 Å². The first-order valence-electron chi connectivity index (χ1n) is 1.58. The predicted molar refractivity (Wildman–Crippen MR) is 24.0 cm³/mol. The van der Waals surface area contributed by atoms with Crippen molar-refractivity contribution in [2.75, 3.05) is 0 Å². The van der Waals surface area contributed by atoms with E-state index >= 15 is 0 Å². The van der Waals surface area contributed by atoms with Crippen LogP contribution in [0.4, 0.5) is 4.79 Å². The minimum absolute atomic E-state index is 0. The second-order valence-corrected chi connectivity index (χ2v) is 0.802. The molecule has 0 amide bonds. The molecule has 0 aromatic carbocycles. The van der Waals surface area contributed by atoms with Crippen LogP contribution in [0.25, 0.3) is 0 Å². The Labute approximate surface area is 87.3 Å². The smallest absolute Gasteiger partial charge is 0.481 e. The average Bonchev–Trinajstić information content (AvgIpc) is 1.25.